The number of nitrogens with one attached hydrogen (secondary N) is 1. The summed E-state index contributed by atoms with van der Waals surface area (Å²) in [4.78, 5) is 3.97. The molecule has 0 aliphatic heterocycles. The first-order chi connectivity index (χ1) is 9.67. The van der Waals surface area contributed by atoms with E-state index < -0.39 is 10.0 Å². The number of benzene rings is 1. The highest BCUT2D eigenvalue weighted by atomic mass is 32.2. The summed E-state index contributed by atoms with van der Waals surface area (Å²) in [6.07, 6.45) is 3.22. The Morgan fingerprint density at radius 3 is 2.85 bits per heavy atom. The Kier molecular flexibility index (Phi) is 3.17. The van der Waals surface area contributed by atoms with Crippen molar-refractivity contribution in [2.75, 3.05) is 0 Å². The third kappa shape index (κ3) is 2.38. The maximum atomic E-state index is 12.3. The molecule has 0 radical (unpaired) electrons. The summed E-state index contributed by atoms with van der Waals surface area (Å²) in [6.45, 7) is 0.151. The second-order valence-electron chi connectivity index (χ2n) is 4.07. The first kappa shape index (κ1) is 12.7. The van der Waals surface area contributed by atoms with Crippen molar-refractivity contribution in [2.24, 2.45) is 0 Å². The van der Waals surface area contributed by atoms with Crippen LogP contribution < -0.4 is 4.72 Å². The Balaban J connectivity index is 1.90. The van der Waals surface area contributed by atoms with Crippen LogP contribution in [0.1, 0.15) is 5.56 Å². The van der Waals surface area contributed by atoms with Crippen molar-refractivity contribution in [3.8, 4) is 0 Å². The number of nitrogens with zero attached hydrogens (tertiary/aromatic N) is 3. The summed E-state index contributed by atoms with van der Waals surface area (Å²) < 4.78 is 31.6. The van der Waals surface area contributed by atoms with Gasteiger partial charge in [-0.25, -0.2) is 17.8 Å². The molecule has 102 valence electrons. The van der Waals surface area contributed by atoms with E-state index in [9.17, 15) is 8.42 Å². The molecule has 0 unspecified atom stereocenters. The summed E-state index contributed by atoms with van der Waals surface area (Å²) >= 11 is 0. The largest absolute Gasteiger partial charge is 0.264 e. The number of rotatable bonds is 4. The maximum absolute atomic E-state index is 12.3. The molecule has 0 spiro atoms. The predicted octanol–water partition coefficient (Wildman–Crippen LogP) is 1.10. The first-order valence-corrected chi connectivity index (χ1v) is 7.25. The quantitative estimate of drug-likeness (QED) is 0.772. The van der Waals surface area contributed by atoms with Gasteiger partial charge in [0.15, 0.2) is 5.52 Å². The van der Waals surface area contributed by atoms with E-state index in [0.717, 1.165) is 5.56 Å². The lowest BCUT2D eigenvalue weighted by molar-refractivity contribution is 0.315. The molecule has 8 heteroatoms. The third-order valence-corrected chi connectivity index (χ3v) is 4.16. The zero-order valence-corrected chi connectivity index (χ0v) is 11.0. The fraction of sp³-hybridized carbons (Fsp3) is 0.0833. The van der Waals surface area contributed by atoms with E-state index in [2.05, 4.69) is 24.6 Å². The normalized spacial score (nSPS) is 11.8. The van der Waals surface area contributed by atoms with E-state index in [0.29, 0.717) is 5.52 Å². The van der Waals surface area contributed by atoms with Crippen LogP contribution in [0.15, 0.2) is 52.3 Å². The van der Waals surface area contributed by atoms with E-state index in [-0.39, 0.29) is 17.0 Å². The summed E-state index contributed by atoms with van der Waals surface area (Å²) in [5.74, 6) is 0. The van der Waals surface area contributed by atoms with E-state index in [1.165, 1.54) is 6.07 Å². The Morgan fingerprint density at radius 1 is 1.15 bits per heavy atom. The van der Waals surface area contributed by atoms with Gasteiger partial charge >= 0.3 is 0 Å². The molecule has 0 aliphatic rings. The lowest BCUT2D eigenvalue weighted by Crippen LogP contribution is -2.23. The third-order valence-electron chi connectivity index (χ3n) is 2.73. The van der Waals surface area contributed by atoms with Gasteiger partial charge in [0.2, 0.25) is 10.0 Å². The Bertz CT molecular complexity index is 830. The van der Waals surface area contributed by atoms with Crippen LogP contribution in [-0.4, -0.2) is 23.7 Å². The van der Waals surface area contributed by atoms with Crippen LogP contribution in [0.4, 0.5) is 0 Å². The van der Waals surface area contributed by atoms with Gasteiger partial charge in [-0.3, -0.25) is 4.98 Å². The average molecular weight is 290 g/mol. The standard InChI is InChI=1S/C12H10N4O3S/c17-20(18,14-8-9-3-2-6-13-7-9)11-5-1-4-10-12(11)16-19-15-10/h1-7,14H,8H2. The molecule has 7 nitrogen and oxygen atoms in total. The zero-order valence-electron chi connectivity index (χ0n) is 10.2. The van der Waals surface area contributed by atoms with Gasteiger partial charge in [0.25, 0.3) is 0 Å². The lowest BCUT2D eigenvalue weighted by Gasteiger charge is -2.06. The van der Waals surface area contributed by atoms with Crippen molar-refractivity contribution >= 4 is 21.1 Å². The van der Waals surface area contributed by atoms with E-state index in [1.807, 2.05) is 0 Å². The summed E-state index contributed by atoms with van der Waals surface area (Å²) in [7, 11) is -3.70. The molecule has 1 N–H and O–H groups in total. The van der Waals surface area contributed by atoms with E-state index in [4.69, 9.17) is 0 Å². The molecule has 0 atom stereocenters. The minimum absolute atomic E-state index is 0.0418. The van der Waals surface area contributed by atoms with Gasteiger partial charge in [0, 0.05) is 18.9 Å². The monoisotopic (exact) mass is 290 g/mol. The van der Waals surface area contributed by atoms with Crippen molar-refractivity contribution in [1.82, 2.24) is 20.0 Å². The molecule has 3 aromatic rings. The summed E-state index contributed by atoms with van der Waals surface area (Å²) in [5, 5.41) is 7.25. The number of hydrogen-bond acceptors (Lipinski definition) is 6. The van der Waals surface area contributed by atoms with Gasteiger partial charge in [-0.05, 0) is 34.1 Å². The molecule has 2 heterocycles. The number of fused-ring (bicyclic) bond motifs is 1. The van der Waals surface area contributed by atoms with Crippen molar-refractivity contribution in [2.45, 2.75) is 11.4 Å². The van der Waals surface area contributed by atoms with Crippen LogP contribution in [-0.2, 0) is 16.6 Å². The smallest absolute Gasteiger partial charge is 0.243 e. The molecule has 0 amide bonds. The van der Waals surface area contributed by atoms with Gasteiger partial charge in [-0.2, -0.15) is 0 Å². The Hall–Kier alpha value is -2.32. The second-order valence-corrected chi connectivity index (χ2v) is 5.81. The molecular formula is C12H10N4O3S. The van der Waals surface area contributed by atoms with Crippen LogP contribution in [0.25, 0.3) is 11.0 Å². The fourth-order valence-corrected chi connectivity index (χ4v) is 2.92. The number of pyridine rings is 1. The van der Waals surface area contributed by atoms with E-state index >= 15 is 0 Å². The molecule has 0 bridgehead atoms. The van der Waals surface area contributed by atoms with Crippen molar-refractivity contribution in [1.29, 1.82) is 0 Å². The maximum Gasteiger partial charge on any atom is 0.243 e. The second kappa shape index (κ2) is 4.99. The molecule has 20 heavy (non-hydrogen) atoms. The molecule has 2 aromatic heterocycles. The summed E-state index contributed by atoms with van der Waals surface area (Å²) in [6, 6.07) is 8.20. The molecule has 1 aromatic carbocycles. The highest BCUT2D eigenvalue weighted by molar-refractivity contribution is 7.89. The first-order valence-electron chi connectivity index (χ1n) is 5.77. The van der Waals surface area contributed by atoms with Crippen LogP contribution in [0.5, 0.6) is 0 Å². The Morgan fingerprint density at radius 2 is 2.05 bits per heavy atom. The molecular weight excluding hydrogens is 280 g/mol. The van der Waals surface area contributed by atoms with Crippen molar-refractivity contribution in [3.05, 3.63) is 48.3 Å². The van der Waals surface area contributed by atoms with Crippen molar-refractivity contribution < 1.29 is 13.0 Å². The van der Waals surface area contributed by atoms with Crippen molar-refractivity contribution in [3.63, 3.8) is 0 Å². The van der Waals surface area contributed by atoms with Crippen LogP contribution in [0.3, 0.4) is 0 Å². The van der Waals surface area contributed by atoms with E-state index in [1.54, 1.807) is 36.7 Å². The van der Waals surface area contributed by atoms with Crippen LogP contribution in [0.2, 0.25) is 0 Å². The summed E-state index contributed by atoms with van der Waals surface area (Å²) in [5.41, 5.74) is 1.38. The lowest BCUT2D eigenvalue weighted by atomic mass is 10.3. The topological polar surface area (TPSA) is 98.0 Å². The minimum Gasteiger partial charge on any atom is -0.264 e. The molecule has 3 rings (SSSR count). The highest BCUT2D eigenvalue weighted by Gasteiger charge is 2.19. The Labute approximate surface area is 114 Å². The van der Waals surface area contributed by atoms with Gasteiger partial charge in [0.1, 0.15) is 10.4 Å². The number of aromatic nitrogens is 3. The van der Waals surface area contributed by atoms with Gasteiger partial charge in [0.05, 0.1) is 0 Å². The SMILES string of the molecule is O=S(=O)(NCc1cccnc1)c1cccc2nonc12. The molecule has 0 fully saturated rings. The molecule has 0 saturated carbocycles. The van der Waals surface area contributed by atoms with Gasteiger partial charge in [-0.15, -0.1) is 0 Å². The predicted molar refractivity (Wildman–Crippen MR) is 70.1 cm³/mol. The fourth-order valence-electron chi connectivity index (χ4n) is 1.76. The van der Waals surface area contributed by atoms with Crippen LogP contribution in [0, 0.1) is 0 Å². The number of hydrogen-bond donors (Lipinski definition) is 1. The highest BCUT2D eigenvalue weighted by Crippen LogP contribution is 2.19. The van der Waals surface area contributed by atoms with Gasteiger partial charge < -0.3 is 0 Å². The zero-order chi connectivity index (χ0) is 14.0. The number of sulfonamides is 1. The molecule has 0 aliphatic carbocycles. The average Bonchev–Trinajstić information content (AvgIpc) is 2.94. The molecule has 0 saturated heterocycles. The minimum atomic E-state index is -3.70. The van der Waals surface area contributed by atoms with Crippen LogP contribution >= 0.6 is 0 Å². The van der Waals surface area contributed by atoms with Gasteiger partial charge in [-0.1, -0.05) is 12.1 Å².